The number of aromatic nitrogens is 2. The highest BCUT2D eigenvalue weighted by molar-refractivity contribution is 7.10. The fraction of sp³-hybridized carbons (Fsp3) is 0.238. The lowest BCUT2D eigenvalue weighted by Crippen LogP contribution is -2.29. The van der Waals surface area contributed by atoms with Gasteiger partial charge in [0.25, 0.3) is 0 Å². The van der Waals surface area contributed by atoms with E-state index in [2.05, 4.69) is 69.4 Å². The van der Waals surface area contributed by atoms with E-state index in [1.165, 1.54) is 10.4 Å². The summed E-state index contributed by atoms with van der Waals surface area (Å²) < 4.78 is 0. The average Bonchev–Trinajstić information content (AvgIpc) is 3.24. The second-order valence-corrected chi connectivity index (χ2v) is 8.00. The van der Waals surface area contributed by atoms with Crippen LogP contribution >= 0.6 is 11.3 Å². The van der Waals surface area contributed by atoms with Crippen molar-refractivity contribution >= 4 is 29.1 Å². The van der Waals surface area contributed by atoms with Crippen molar-refractivity contribution in [2.75, 3.05) is 5.32 Å². The first-order valence-corrected chi connectivity index (χ1v) is 9.81. The van der Waals surface area contributed by atoms with E-state index in [9.17, 15) is 4.79 Å². The van der Waals surface area contributed by atoms with Crippen molar-refractivity contribution in [2.24, 2.45) is 5.92 Å². The Bertz CT molecular complexity index is 970. The number of nitrogens with one attached hydrogen (secondary N) is 2. The first-order valence-electron chi connectivity index (χ1n) is 8.93. The van der Waals surface area contributed by atoms with Gasteiger partial charge < -0.3 is 5.32 Å². The molecule has 26 heavy (non-hydrogen) atoms. The molecule has 2 aromatic heterocycles. The van der Waals surface area contributed by atoms with Gasteiger partial charge in [0.15, 0.2) is 5.82 Å². The summed E-state index contributed by atoms with van der Waals surface area (Å²) in [6, 6.07) is 14.9. The van der Waals surface area contributed by atoms with E-state index in [-0.39, 0.29) is 17.2 Å². The quantitative estimate of drug-likeness (QED) is 0.725. The van der Waals surface area contributed by atoms with Gasteiger partial charge in [0.1, 0.15) is 0 Å². The predicted molar refractivity (Wildman–Crippen MR) is 104 cm³/mol. The highest BCUT2D eigenvalue weighted by atomic mass is 32.1. The van der Waals surface area contributed by atoms with Crippen molar-refractivity contribution in [3.05, 3.63) is 75.6 Å². The summed E-state index contributed by atoms with van der Waals surface area (Å²) in [5.74, 6) is 0.913. The van der Waals surface area contributed by atoms with E-state index in [0.717, 1.165) is 30.5 Å². The molecule has 4 nitrogen and oxygen atoms in total. The lowest BCUT2D eigenvalue weighted by atomic mass is 9.72. The minimum Gasteiger partial charge on any atom is -0.308 e. The second-order valence-electron chi connectivity index (χ2n) is 7.05. The maximum Gasteiger partial charge on any atom is 0.228 e. The molecule has 2 aliphatic rings. The summed E-state index contributed by atoms with van der Waals surface area (Å²) in [6.07, 6.45) is 7.15. The Morgan fingerprint density at radius 2 is 2.04 bits per heavy atom. The second kappa shape index (κ2) is 5.95. The number of benzene rings is 1. The van der Waals surface area contributed by atoms with Gasteiger partial charge in [0.2, 0.25) is 5.91 Å². The normalized spacial score (nSPS) is 21.4. The number of allylic oxidation sites excluding steroid dienone is 1. The molecule has 2 heterocycles. The van der Waals surface area contributed by atoms with E-state index < -0.39 is 0 Å². The molecule has 1 aromatic carbocycles. The van der Waals surface area contributed by atoms with Crippen LogP contribution in [0.5, 0.6) is 0 Å². The standard InChI is InChI=1S/C21H19N3OS/c25-20(14-8-9-14)22-19-16-10-11-21(13-17(16)23-24-19,18-7-4-12-26-18)15-5-2-1-3-6-15/h1-7,10-12,14H,8-9,13H2,(H2,22,23,24,25). The zero-order chi connectivity index (χ0) is 17.6. The molecule has 0 spiro atoms. The van der Waals surface area contributed by atoms with Crippen LogP contribution in [0.25, 0.3) is 6.08 Å². The van der Waals surface area contributed by atoms with Crippen LogP contribution in [0.1, 0.15) is 34.5 Å². The monoisotopic (exact) mass is 361 g/mol. The Hall–Kier alpha value is -2.66. The molecule has 0 bridgehead atoms. The third-order valence-corrected chi connectivity index (χ3v) is 6.36. The topological polar surface area (TPSA) is 57.8 Å². The van der Waals surface area contributed by atoms with Gasteiger partial charge in [-0.25, -0.2) is 0 Å². The Kier molecular flexibility index (Phi) is 3.57. The number of rotatable bonds is 4. The van der Waals surface area contributed by atoms with Crippen LogP contribution in [-0.2, 0) is 16.6 Å². The highest BCUT2D eigenvalue weighted by Crippen LogP contribution is 2.44. The van der Waals surface area contributed by atoms with Gasteiger partial charge in [-0.3, -0.25) is 9.89 Å². The number of anilines is 1. The first-order chi connectivity index (χ1) is 12.8. The smallest absolute Gasteiger partial charge is 0.228 e. The van der Waals surface area contributed by atoms with Crippen molar-refractivity contribution in [1.29, 1.82) is 0 Å². The molecule has 5 rings (SSSR count). The predicted octanol–water partition coefficient (Wildman–Crippen LogP) is 4.38. The maximum absolute atomic E-state index is 12.1. The van der Waals surface area contributed by atoms with Gasteiger partial charge in [0, 0.05) is 28.5 Å². The van der Waals surface area contributed by atoms with E-state index in [0.29, 0.717) is 5.82 Å². The van der Waals surface area contributed by atoms with Crippen molar-refractivity contribution in [3.63, 3.8) is 0 Å². The number of amides is 1. The molecule has 1 atom stereocenters. The first kappa shape index (κ1) is 15.6. The lowest BCUT2D eigenvalue weighted by Gasteiger charge is -2.33. The molecule has 3 aromatic rings. The number of H-pyrrole nitrogens is 1. The molecule has 0 aliphatic heterocycles. The lowest BCUT2D eigenvalue weighted by molar-refractivity contribution is -0.117. The Morgan fingerprint density at radius 1 is 1.19 bits per heavy atom. The molecule has 5 heteroatoms. The fourth-order valence-electron chi connectivity index (χ4n) is 3.70. The maximum atomic E-state index is 12.1. The molecule has 2 aliphatic carbocycles. The number of fused-ring (bicyclic) bond motifs is 1. The summed E-state index contributed by atoms with van der Waals surface area (Å²) >= 11 is 1.77. The van der Waals surface area contributed by atoms with Crippen LogP contribution in [-0.4, -0.2) is 16.1 Å². The summed E-state index contributed by atoms with van der Waals surface area (Å²) in [5, 5.41) is 12.7. The summed E-state index contributed by atoms with van der Waals surface area (Å²) in [6.45, 7) is 0. The van der Waals surface area contributed by atoms with E-state index in [1.54, 1.807) is 11.3 Å². The summed E-state index contributed by atoms with van der Waals surface area (Å²) in [4.78, 5) is 13.4. The molecule has 0 radical (unpaired) electrons. The molecule has 1 saturated carbocycles. The molecule has 2 N–H and O–H groups in total. The van der Waals surface area contributed by atoms with Crippen LogP contribution in [0, 0.1) is 5.92 Å². The number of nitrogens with zero attached hydrogens (tertiary/aromatic N) is 1. The van der Waals surface area contributed by atoms with Gasteiger partial charge in [-0.1, -0.05) is 48.6 Å². The zero-order valence-corrected chi connectivity index (χ0v) is 15.1. The van der Waals surface area contributed by atoms with Crippen molar-refractivity contribution in [3.8, 4) is 0 Å². The van der Waals surface area contributed by atoms with E-state index in [1.807, 2.05) is 6.07 Å². The number of aromatic amines is 1. The van der Waals surface area contributed by atoms with Crippen LogP contribution in [0.15, 0.2) is 53.9 Å². The van der Waals surface area contributed by atoms with Crippen molar-refractivity contribution < 1.29 is 4.79 Å². The van der Waals surface area contributed by atoms with Crippen molar-refractivity contribution in [1.82, 2.24) is 10.2 Å². The molecule has 0 saturated heterocycles. The third-order valence-electron chi connectivity index (χ3n) is 5.31. The molecule has 130 valence electrons. The minimum absolute atomic E-state index is 0.0888. The van der Waals surface area contributed by atoms with Gasteiger partial charge in [-0.15, -0.1) is 11.3 Å². The average molecular weight is 361 g/mol. The van der Waals surface area contributed by atoms with Crippen LogP contribution in [0.4, 0.5) is 5.82 Å². The summed E-state index contributed by atoms with van der Waals surface area (Å²) in [5.41, 5.74) is 3.13. The highest BCUT2D eigenvalue weighted by Gasteiger charge is 2.38. The number of thiophene rings is 1. The SMILES string of the molecule is O=C(Nc1n[nH]c2c1C=CC(c1ccccc1)(c1cccs1)C2)C1CC1. The third kappa shape index (κ3) is 2.51. The minimum atomic E-state index is -0.202. The number of hydrogen-bond donors (Lipinski definition) is 2. The summed E-state index contributed by atoms with van der Waals surface area (Å²) in [7, 11) is 0. The molecule has 1 unspecified atom stereocenters. The van der Waals surface area contributed by atoms with Gasteiger partial charge in [-0.2, -0.15) is 5.10 Å². The number of hydrogen-bond acceptors (Lipinski definition) is 3. The number of carbonyl (C=O) groups is 1. The van der Waals surface area contributed by atoms with Gasteiger partial charge >= 0.3 is 0 Å². The number of carbonyl (C=O) groups excluding carboxylic acids is 1. The van der Waals surface area contributed by atoms with Crippen LogP contribution < -0.4 is 5.32 Å². The van der Waals surface area contributed by atoms with Crippen LogP contribution in [0.2, 0.25) is 0 Å². The Labute approximate surface area is 156 Å². The molecular weight excluding hydrogens is 342 g/mol. The van der Waals surface area contributed by atoms with Gasteiger partial charge in [0.05, 0.1) is 5.41 Å². The Balaban J connectivity index is 1.55. The van der Waals surface area contributed by atoms with E-state index >= 15 is 0 Å². The van der Waals surface area contributed by atoms with Crippen LogP contribution in [0.3, 0.4) is 0 Å². The molecule has 1 amide bonds. The molecule has 1 fully saturated rings. The van der Waals surface area contributed by atoms with E-state index in [4.69, 9.17) is 0 Å². The largest absolute Gasteiger partial charge is 0.308 e. The molecular formula is C21H19N3OS. The van der Waals surface area contributed by atoms with Gasteiger partial charge in [-0.05, 0) is 29.9 Å². The Morgan fingerprint density at radius 3 is 2.77 bits per heavy atom. The zero-order valence-electron chi connectivity index (χ0n) is 14.2. The van der Waals surface area contributed by atoms with Crippen molar-refractivity contribution in [2.45, 2.75) is 24.7 Å². The fourth-order valence-corrected chi connectivity index (χ4v) is 4.63.